The van der Waals surface area contributed by atoms with Crippen molar-refractivity contribution < 1.29 is 8.42 Å². The second-order valence-electron chi connectivity index (χ2n) is 5.78. The first-order valence-electron chi connectivity index (χ1n) is 7.60. The number of benzene rings is 2. The Morgan fingerprint density at radius 1 is 1.08 bits per heavy atom. The van der Waals surface area contributed by atoms with Gasteiger partial charge >= 0.3 is 0 Å². The van der Waals surface area contributed by atoms with Gasteiger partial charge in [-0.1, -0.05) is 24.3 Å². The topological polar surface area (TPSA) is 64.0 Å². The molecule has 3 rings (SSSR count). The van der Waals surface area contributed by atoms with E-state index in [0.717, 1.165) is 16.7 Å². The van der Waals surface area contributed by atoms with Gasteiger partial charge in [0.1, 0.15) is 0 Å². The molecule has 0 spiro atoms. The maximum Gasteiger partial charge on any atom is 0.262 e. The van der Waals surface area contributed by atoms with E-state index in [1.165, 1.54) is 0 Å². The lowest BCUT2D eigenvalue weighted by Crippen LogP contribution is -2.14. The van der Waals surface area contributed by atoms with Crippen LogP contribution in [0.5, 0.6) is 0 Å². The van der Waals surface area contributed by atoms with E-state index < -0.39 is 10.0 Å². The number of nitrogens with one attached hydrogen (secondary N) is 1. The highest BCUT2D eigenvalue weighted by Gasteiger charge is 2.17. The van der Waals surface area contributed by atoms with Crippen molar-refractivity contribution >= 4 is 15.7 Å². The van der Waals surface area contributed by atoms with Crippen molar-refractivity contribution in [2.24, 2.45) is 0 Å². The Labute approximate surface area is 142 Å². The summed E-state index contributed by atoms with van der Waals surface area (Å²) in [5, 5.41) is 4.16. The number of hydrogen-bond donors (Lipinski definition) is 1. The summed E-state index contributed by atoms with van der Waals surface area (Å²) in [6.07, 6.45) is 3.61. The molecule has 0 saturated heterocycles. The molecule has 5 nitrogen and oxygen atoms in total. The number of hydrogen-bond acceptors (Lipinski definition) is 3. The van der Waals surface area contributed by atoms with Gasteiger partial charge in [-0.3, -0.25) is 9.40 Å². The molecule has 6 heteroatoms. The van der Waals surface area contributed by atoms with Gasteiger partial charge in [0.15, 0.2) is 0 Å². The molecule has 0 amide bonds. The van der Waals surface area contributed by atoms with Gasteiger partial charge < -0.3 is 0 Å². The van der Waals surface area contributed by atoms with E-state index in [-0.39, 0.29) is 0 Å². The zero-order valence-corrected chi connectivity index (χ0v) is 14.4. The van der Waals surface area contributed by atoms with Gasteiger partial charge in [-0.05, 0) is 54.8 Å². The Kier molecular flexibility index (Phi) is 4.40. The minimum Gasteiger partial charge on any atom is -0.280 e. The molecule has 0 unspecified atom stereocenters. The summed E-state index contributed by atoms with van der Waals surface area (Å²) < 4.78 is 29.6. The van der Waals surface area contributed by atoms with Gasteiger partial charge in [0.05, 0.1) is 11.4 Å². The Hall–Kier alpha value is -2.60. The molecule has 0 bridgehead atoms. The molecule has 0 aliphatic rings. The third kappa shape index (κ3) is 3.65. The van der Waals surface area contributed by atoms with Crippen LogP contribution in [0.4, 0.5) is 5.69 Å². The van der Waals surface area contributed by atoms with Crippen LogP contribution in [-0.2, 0) is 16.6 Å². The summed E-state index contributed by atoms with van der Waals surface area (Å²) in [5.41, 5.74) is 3.23. The van der Waals surface area contributed by atoms with Gasteiger partial charge in [0.2, 0.25) is 0 Å². The molecule has 24 heavy (non-hydrogen) atoms. The quantitative estimate of drug-likeness (QED) is 0.774. The molecular weight excluding hydrogens is 322 g/mol. The number of nitrogens with zero attached hydrogens (tertiary/aromatic N) is 2. The lowest BCUT2D eigenvalue weighted by Gasteiger charge is -2.11. The number of sulfonamides is 1. The highest BCUT2D eigenvalue weighted by atomic mass is 32.2. The monoisotopic (exact) mass is 341 g/mol. The largest absolute Gasteiger partial charge is 0.280 e. The first-order chi connectivity index (χ1) is 11.4. The highest BCUT2D eigenvalue weighted by molar-refractivity contribution is 7.92. The van der Waals surface area contributed by atoms with Crippen LogP contribution >= 0.6 is 0 Å². The molecule has 0 aliphatic heterocycles. The summed E-state index contributed by atoms with van der Waals surface area (Å²) in [4.78, 5) is 0.308. The van der Waals surface area contributed by atoms with E-state index in [1.54, 1.807) is 31.3 Å². The van der Waals surface area contributed by atoms with Crippen molar-refractivity contribution in [2.75, 3.05) is 4.72 Å². The van der Waals surface area contributed by atoms with Crippen molar-refractivity contribution in [2.45, 2.75) is 25.3 Å². The van der Waals surface area contributed by atoms with Crippen molar-refractivity contribution in [1.29, 1.82) is 0 Å². The average molecular weight is 341 g/mol. The standard InChI is InChI=1S/C18H19N3O2S/c1-14-4-5-15(2)18(12-14)24(22,23)20-17-8-6-16(7-9-17)13-21-11-3-10-19-21/h3-12,20H,13H2,1-2H3. The van der Waals surface area contributed by atoms with Gasteiger partial charge in [0, 0.05) is 18.1 Å². The summed E-state index contributed by atoms with van der Waals surface area (Å²) in [6.45, 7) is 4.32. The molecule has 0 radical (unpaired) electrons. The van der Waals surface area contributed by atoms with E-state index in [9.17, 15) is 8.42 Å². The van der Waals surface area contributed by atoms with Gasteiger partial charge in [-0.25, -0.2) is 8.42 Å². The normalized spacial score (nSPS) is 11.4. The summed E-state index contributed by atoms with van der Waals surface area (Å²) >= 11 is 0. The Morgan fingerprint density at radius 3 is 2.50 bits per heavy atom. The molecule has 1 aromatic heterocycles. The SMILES string of the molecule is Cc1ccc(C)c(S(=O)(=O)Nc2ccc(Cn3cccn3)cc2)c1. The first kappa shape index (κ1) is 16.3. The minimum atomic E-state index is -3.60. The molecule has 1 heterocycles. The first-order valence-corrected chi connectivity index (χ1v) is 9.09. The molecular formula is C18H19N3O2S. The van der Waals surface area contributed by atoms with Gasteiger partial charge in [-0.15, -0.1) is 0 Å². The fourth-order valence-corrected chi connectivity index (χ4v) is 3.86. The number of anilines is 1. The van der Waals surface area contributed by atoms with E-state index in [4.69, 9.17) is 0 Å². The molecule has 0 saturated carbocycles. The fourth-order valence-electron chi connectivity index (χ4n) is 2.47. The molecule has 124 valence electrons. The maximum absolute atomic E-state index is 12.6. The fraction of sp³-hybridized carbons (Fsp3) is 0.167. The van der Waals surface area contributed by atoms with Crippen LogP contribution in [0.15, 0.2) is 65.8 Å². The average Bonchev–Trinajstić information content (AvgIpc) is 3.04. The van der Waals surface area contributed by atoms with Crippen molar-refractivity contribution in [1.82, 2.24) is 9.78 Å². The predicted octanol–water partition coefficient (Wildman–Crippen LogP) is 3.35. The lowest BCUT2D eigenvalue weighted by atomic mass is 10.2. The molecule has 0 aliphatic carbocycles. The number of aromatic nitrogens is 2. The second-order valence-corrected chi connectivity index (χ2v) is 7.43. The Morgan fingerprint density at radius 2 is 1.83 bits per heavy atom. The van der Waals surface area contributed by atoms with Gasteiger partial charge in [-0.2, -0.15) is 5.10 Å². The van der Waals surface area contributed by atoms with Crippen LogP contribution in [0.1, 0.15) is 16.7 Å². The van der Waals surface area contributed by atoms with Crippen molar-refractivity contribution in [3.8, 4) is 0 Å². The van der Waals surface area contributed by atoms with Crippen LogP contribution in [0.25, 0.3) is 0 Å². The van der Waals surface area contributed by atoms with Crippen LogP contribution in [0.2, 0.25) is 0 Å². The van der Waals surface area contributed by atoms with Gasteiger partial charge in [0.25, 0.3) is 10.0 Å². The molecule has 0 atom stereocenters. The van der Waals surface area contributed by atoms with E-state index >= 15 is 0 Å². The second kappa shape index (κ2) is 6.49. The molecule has 1 N–H and O–H groups in total. The third-order valence-electron chi connectivity index (χ3n) is 3.74. The number of aryl methyl sites for hydroxylation is 2. The molecule has 3 aromatic rings. The molecule has 0 fully saturated rings. The van der Waals surface area contributed by atoms with Crippen LogP contribution < -0.4 is 4.72 Å². The zero-order chi connectivity index (χ0) is 17.2. The summed E-state index contributed by atoms with van der Waals surface area (Å²) in [6, 6.07) is 14.6. The smallest absolute Gasteiger partial charge is 0.262 e. The lowest BCUT2D eigenvalue weighted by molar-refractivity contribution is 0.600. The summed E-state index contributed by atoms with van der Waals surface area (Å²) in [5.74, 6) is 0. The Balaban J connectivity index is 1.79. The zero-order valence-electron chi connectivity index (χ0n) is 13.6. The van der Waals surface area contributed by atoms with E-state index in [2.05, 4.69) is 9.82 Å². The van der Waals surface area contributed by atoms with Crippen LogP contribution in [-0.4, -0.2) is 18.2 Å². The maximum atomic E-state index is 12.6. The summed E-state index contributed by atoms with van der Waals surface area (Å²) in [7, 11) is -3.60. The minimum absolute atomic E-state index is 0.308. The van der Waals surface area contributed by atoms with Crippen molar-refractivity contribution in [3.05, 3.63) is 77.6 Å². The molecule has 2 aromatic carbocycles. The number of rotatable bonds is 5. The van der Waals surface area contributed by atoms with E-state index in [0.29, 0.717) is 17.1 Å². The van der Waals surface area contributed by atoms with Crippen LogP contribution in [0, 0.1) is 13.8 Å². The highest BCUT2D eigenvalue weighted by Crippen LogP contribution is 2.21. The third-order valence-corrected chi connectivity index (χ3v) is 5.27. The predicted molar refractivity (Wildman–Crippen MR) is 94.5 cm³/mol. The Bertz CT molecular complexity index is 931. The van der Waals surface area contributed by atoms with E-state index in [1.807, 2.05) is 48.1 Å². The van der Waals surface area contributed by atoms with Crippen LogP contribution in [0.3, 0.4) is 0 Å². The van der Waals surface area contributed by atoms with Crippen molar-refractivity contribution in [3.63, 3.8) is 0 Å².